The second-order valence-corrected chi connectivity index (χ2v) is 3.53. The molecule has 82 valence electrons. The summed E-state index contributed by atoms with van der Waals surface area (Å²) in [5.74, 6) is -0.107. The first kappa shape index (κ1) is 11.5. The summed E-state index contributed by atoms with van der Waals surface area (Å²) in [4.78, 5) is 17.0. The van der Waals surface area contributed by atoms with Crippen LogP contribution in [-0.4, -0.2) is 29.7 Å². The summed E-state index contributed by atoms with van der Waals surface area (Å²) in [6.45, 7) is 4.72. The fourth-order valence-electron chi connectivity index (χ4n) is 1.44. The van der Waals surface area contributed by atoms with Gasteiger partial charge in [0, 0.05) is 13.6 Å². The second-order valence-electron chi connectivity index (χ2n) is 3.53. The maximum Gasteiger partial charge on any atom is 0.337 e. The highest BCUT2D eigenvalue weighted by Crippen LogP contribution is 2.13. The predicted molar refractivity (Wildman–Crippen MR) is 59.5 cm³/mol. The molecular formula is C11H16N2O2. The third kappa shape index (κ3) is 2.68. The Morgan fingerprint density at radius 3 is 2.67 bits per heavy atom. The van der Waals surface area contributed by atoms with Crippen molar-refractivity contribution in [3.05, 3.63) is 23.4 Å². The monoisotopic (exact) mass is 208 g/mol. The summed E-state index contributed by atoms with van der Waals surface area (Å²) in [5, 5.41) is 8.84. The molecule has 1 aromatic heterocycles. The van der Waals surface area contributed by atoms with E-state index >= 15 is 0 Å². The number of carboxylic acids is 1. The number of carbonyl (C=O) groups is 1. The van der Waals surface area contributed by atoms with Gasteiger partial charge < -0.3 is 10.0 Å². The molecule has 4 nitrogen and oxygen atoms in total. The third-order valence-electron chi connectivity index (χ3n) is 2.25. The highest BCUT2D eigenvalue weighted by molar-refractivity contribution is 5.89. The number of aromatic nitrogens is 1. The zero-order valence-corrected chi connectivity index (χ0v) is 9.32. The number of carboxylic acid groups (broad SMARTS) is 1. The second kappa shape index (κ2) is 4.77. The molecule has 0 saturated carbocycles. The van der Waals surface area contributed by atoms with Crippen molar-refractivity contribution in [1.82, 2.24) is 4.98 Å². The molecule has 0 fully saturated rings. The van der Waals surface area contributed by atoms with E-state index < -0.39 is 5.97 Å². The summed E-state index contributed by atoms with van der Waals surface area (Å²) in [6, 6.07) is 3.35. The first-order valence-corrected chi connectivity index (χ1v) is 4.98. The molecular weight excluding hydrogens is 192 g/mol. The van der Waals surface area contributed by atoms with Gasteiger partial charge in [-0.05, 0) is 25.5 Å². The van der Waals surface area contributed by atoms with Crippen LogP contribution in [0.4, 0.5) is 5.82 Å². The lowest BCUT2D eigenvalue weighted by molar-refractivity contribution is 0.0695. The van der Waals surface area contributed by atoms with Gasteiger partial charge in [0.2, 0.25) is 0 Å². The van der Waals surface area contributed by atoms with E-state index in [1.54, 1.807) is 19.1 Å². The molecule has 1 aromatic rings. The lowest BCUT2D eigenvalue weighted by atomic mass is 10.2. The first-order valence-electron chi connectivity index (χ1n) is 4.98. The van der Waals surface area contributed by atoms with Gasteiger partial charge in [-0.15, -0.1) is 0 Å². The van der Waals surface area contributed by atoms with Gasteiger partial charge >= 0.3 is 5.97 Å². The van der Waals surface area contributed by atoms with Crippen molar-refractivity contribution >= 4 is 11.8 Å². The van der Waals surface area contributed by atoms with Gasteiger partial charge in [-0.1, -0.05) is 6.92 Å². The van der Waals surface area contributed by atoms with Crippen molar-refractivity contribution in [3.63, 3.8) is 0 Å². The smallest absolute Gasteiger partial charge is 0.337 e. The van der Waals surface area contributed by atoms with Crippen molar-refractivity contribution in [1.29, 1.82) is 0 Å². The topological polar surface area (TPSA) is 53.4 Å². The molecule has 0 amide bonds. The summed E-state index contributed by atoms with van der Waals surface area (Å²) >= 11 is 0. The number of nitrogens with zero attached hydrogens (tertiary/aromatic N) is 2. The SMILES string of the molecule is CCCN(C)c1ccc(C(=O)O)c(C)n1. The molecule has 15 heavy (non-hydrogen) atoms. The van der Waals surface area contributed by atoms with Crippen molar-refractivity contribution in [3.8, 4) is 0 Å². The lowest BCUT2D eigenvalue weighted by Gasteiger charge is -2.17. The van der Waals surface area contributed by atoms with Gasteiger partial charge in [0.1, 0.15) is 5.82 Å². The third-order valence-corrected chi connectivity index (χ3v) is 2.25. The predicted octanol–water partition coefficient (Wildman–Crippen LogP) is 1.93. The van der Waals surface area contributed by atoms with Crippen molar-refractivity contribution in [2.45, 2.75) is 20.3 Å². The lowest BCUT2D eigenvalue weighted by Crippen LogP contribution is -2.19. The van der Waals surface area contributed by atoms with Gasteiger partial charge in [-0.25, -0.2) is 9.78 Å². The molecule has 0 spiro atoms. The summed E-state index contributed by atoms with van der Waals surface area (Å²) in [7, 11) is 1.95. The number of aromatic carboxylic acids is 1. The minimum atomic E-state index is -0.926. The molecule has 0 radical (unpaired) electrons. The molecule has 0 bridgehead atoms. The van der Waals surface area contributed by atoms with Crippen LogP contribution in [0.15, 0.2) is 12.1 Å². The van der Waals surface area contributed by atoms with Crippen molar-refractivity contribution < 1.29 is 9.90 Å². The number of aryl methyl sites for hydroxylation is 1. The first-order chi connectivity index (χ1) is 7.06. The molecule has 4 heteroatoms. The molecule has 0 atom stereocenters. The highest BCUT2D eigenvalue weighted by Gasteiger charge is 2.09. The van der Waals surface area contributed by atoms with Crippen LogP contribution in [-0.2, 0) is 0 Å². The Morgan fingerprint density at radius 1 is 1.53 bits per heavy atom. The van der Waals surface area contributed by atoms with E-state index in [-0.39, 0.29) is 5.56 Å². The molecule has 0 unspecified atom stereocenters. The molecule has 1 rings (SSSR count). The van der Waals surface area contributed by atoms with E-state index in [9.17, 15) is 4.79 Å². The van der Waals surface area contributed by atoms with Gasteiger partial charge in [0.05, 0.1) is 11.3 Å². The van der Waals surface area contributed by atoms with Gasteiger partial charge in [-0.3, -0.25) is 0 Å². The number of rotatable bonds is 4. The number of pyridine rings is 1. The average molecular weight is 208 g/mol. The minimum Gasteiger partial charge on any atom is -0.478 e. The Bertz CT molecular complexity index is 364. The van der Waals surface area contributed by atoms with Gasteiger partial charge in [0.25, 0.3) is 0 Å². The van der Waals surface area contributed by atoms with Crippen LogP contribution in [0.3, 0.4) is 0 Å². The number of hydrogen-bond acceptors (Lipinski definition) is 3. The van der Waals surface area contributed by atoms with Crippen LogP contribution in [0, 0.1) is 6.92 Å². The molecule has 0 aromatic carbocycles. The standard InChI is InChI=1S/C11H16N2O2/c1-4-7-13(3)10-6-5-9(11(14)15)8(2)12-10/h5-6H,4,7H2,1-3H3,(H,14,15). The van der Waals surface area contributed by atoms with E-state index in [0.29, 0.717) is 5.69 Å². The molecule has 1 heterocycles. The normalized spacial score (nSPS) is 10.1. The maximum atomic E-state index is 10.8. The van der Waals surface area contributed by atoms with Gasteiger partial charge in [0.15, 0.2) is 0 Å². The molecule has 0 saturated heterocycles. The summed E-state index contributed by atoms with van der Waals surface area (Å²) in [6.07, 6.45) is 1.04. The quantitative estimate of drug-likeness (QED) is 0.821. The summed E-state index contributed by atoms with van der Waals surface area (Å²) < 4.78 is 0. The van der Waals surface area contributed by atoms with Crippen LogP contribution < -0.4 is 4.90 Å². The number of anilines is 1. The number of hydrogen-bond donors (Lipinski definition) is 1. The largest absolute Gasteiger partial charge is 0.478 e. The van der Waals surface area contributed by atoms with Gasteiger partial charge in [-0.2, -0.15) is 0 Å². The van der Waals surface area contributed by atoms with E-state index in [0.717, 1.165) is 18.8 Å². The van der Waals surface area contributed by atoms with Crippen LogP contribution in [0.5, 0.6) is 0 Å². The van der Waals surface area contributed by atoms with Crippen molar-refractivity contribution in [2.75, 3.05) is 18.5 Å². The van der Waals surface area contributed by atoms with Crippen molar-refractivity contribution in [2.24, 2.45) is 0 Å². The molecule has 1 N–H and O–H groups in total. The highest BCUT2D eigenvalue weighted by atomic mass is 16.4. The molecule has 0 aliphatic heterocycles. The van der Waals surface area contributed by atoms with Crippen LogP contribution in [0.25, 0.3) is 0 Å². The average Bonchev–Trinajstić information content (AvgIpc) is 2.17. The van der Waals surface area contributed by atoms with E-state index in [1.165, 1.54) is 0 Å². The summed E-state index contributed by atoms with van der Waals surface area (Å²) in [5.41, 5.74) is 0.826. The Balaban J connectivity index is 2.96. The zero-order chi connectivity index (χ0) is 11.4. The zero-order valence-electron chi connectivity index (χ0n) is 9.32. The van der Waals surface area contributed by atoms with Crippen LogP contribution in [0.2, 0.25) is 0 Å². The van der Waals surface area contributed by atoms with Crippen LogP contribution in [0.1, 0.15) is 29.4 Å². The van der Waals surface area contributed by atoms with Crippen LogP contribution >= 0.6 is 0 Å². The molecule has 0 aliphatic carbocycles. The Labute approximate surface area is 89.6 Å². The fraction of sp³-hybridized carbons (Fsp3) is 0.455. The van der Waals surface area contributed by atoms with E-state index in [2.05, 4.69) is 11.9 Å². The Morgan fingerprint density at radius 2 is 2.20 bits per heavy atom. The maximum absolute atomic E-state index is 10.8. The Kier molecular flexibility index (Phi) is 3.66. The van der Waals surface area contributed by atoms with E-state index in [1.807, 2.05) is 11.9 Å². The minimum absolute atomic E-state index is 0.267. The van der Waals surface area contributed by atoms with E-state index in [4.69, 9.17) is 5.11 Å². The molecule has 0 aliphatic rings. The fourth-order valence-corrected chi connectivity index (χ4v) is 1.44. The Hall–Kier alpha value is -1.58.